The summed E-state index contributed by atoms with van der Waals surface area (Å²) in [6, 6.07) is 0.103. The zero-order chi connectivity index (χ0) is 9.73. The summed E-state index contributed by atoms with van der Waals surface area (Å²) in [7, 11) is 0. The Morgan fingerprint density at radius 1 is 1.00 bits per heavy atom. The van der Waals surface area contributed by atoms with E-state index in [1.807, 2.05) is 0 Å². The van der Waals surface area contributed by atoms with E-state index in [1.165, 1.54) is 12.8 Å². The van der Waals surface area contributed by atoms with Gasteiger partial charge >= 0.3 is 58.4 Å². The Labute approximate surface area is 126 Å². The number of hydrogen-bond donors (Lipinski definition) is 1. The minimum atomic E-state index is -4.65. The number of rotatable bonds is 3. The van der Waals surface area contributed by atoms with Gasteiger partial charge in [-0.05, 0) is 19.3 Å². The first kappa shape index (κ1) is 15.5. The first-order chi connectivity index (χ1) is 6.08. The van der Waals surface area contributed by atoms with Crippen LogP contribution in [-0.2, 0) is 0 Å². The number of hydrogen-bond acceptors (Lipinski definition) is 1. The summed E-state index contributed by atoms with van der Waals surface area (Å²) >= 11 is 0. The first-order valence-corrected chi connectivity index (χ1v) is 5.02. The second-order valence-electron chi connectivity index (χ2n) is 3.81. The Morgan fingerprint density at radius 2 is 1.50 bits per heavy atom. The molecule has 1 aliphatic carbocycles. The predicted molar refractivity (Wildman–Crippen MR) is 48.6 cm³/mol. The normalized spacial score (nSPS) is 19.9. The molecule has 0 saturated heterocycles. The largest absolute Gasteiger partial charge is 1.00 e. The molecule has 1 aliphatic rings. The molecular weight excluding hydrogens is 217 g/mol. The third-order valence-corrected chi connectivity index (χ3v) is 2.49. The maximum Gasteiger partial charge on any atom is 1.00 e. The van der Waals surface area contributed by atoms with Gasteiger partial charge in [-0.2, -0.15) is 0 Å². The van der Waals surface area contributed by atoms with E-state index in [0.29, 0.717) is 0 Å². The summed E-state index contributed by atoms with van der Waals surface area (Å²) in [5.74, 6) is 0. The van der Waals surface area contributed by atoms with Crippen molar-refractivity contribution in [2.24, 2.45) is 0 Å². The third kappa shape index (κ3) is 7.71. The van der Waals surface area contributed by atoms with Crippen LogP contribution in [0.4, 0.5) is 12.9 Å². The van der Waals surface area contributed by atoms with Gasteiger partial charge in [0.2, 0.25) is 0 Å². The van der Waals surface area contributed by atoms with Crippen LogP contribution in [0.1, 0.15) is 38.5 Å². The molecule has 0 aromatic rings. The fraction of sp³-hybridized carbons (Fsp3) is 1.00. The maximum absolute atomic E-state index is 11.9. The van der Waals surface area contributed by atoms with Crippen molar-refractivity contribution in [1.29, 1.82) is 0 Å². The Morgan fingerprint density at radius 3 is 1.93 bits per heavy atom. The molecule has 1 rings (SSSR count). The molecule has 0 spiro atoms. The molecule has 0 amide bonds. The summed E-state index contributed by atoms with van der Waals surface area (Å²) in [5, 5.41) is 2.60. The summed E-state index contributed by atoms with van der Waals surface area (Å²) in [6.07, 6.45) is 5.54. The molecule has 6 heteroatoms. The van der Waals surface area contributed by atoms with Crippen molar-refractivity contribution in [3.05, 3.63) is 0 Å². The van der Waals surface area contributed by atoms with Gasteiger partial charge in [-0.3, -0.25) is 0 Å². The standard InChI is InChI=1S/C8H16BF3N.K/c10-9(11,12)7-13-8-5-3-1-2-4-6-8;/h8,13H,1-7H2;/q-1;+1. The smallest absolute Gasteiger partial charge is 0.448 e. The zero-order valence-electron chi connectivity index (χ0n) is 8.74. The van der Waals surface area contributed by atoms with E-state index in [0.717, 1.165) is 25.7 Å². The van der Waals surface area contributed by atoms with Crippen LogP contribution in [0.25, 0.3) is 0 Å². The van der Waals surface area contributed by atoms with Gasteiger partial charge in [0.25, 0.3) is 0 Å². The second kappa shape index (κ2) is 7.68. The number of halogens is 3. The Hall–Kier alpha value is 1.45. The Kier molecular flexibility index (Phi) is 8.48. The molecule has 1 fully saturated rings. The maximum atomic E-state index is 11.9. The molecule has 0 bridgehead atoms. The quantitative estimate of drug-likeness (QED) is 0.521. The van der Waals surface area contributed by atoms with Gasteiger partial charge in [0, 0.05) is 6.04 Å². The molecule has 1 N–H and O–H groups in total. The Balaban J connectivity index is 0.00000169. The van der Waals surface area contributed by atoms with Crippen molar-refractivity contribution in [1.82, 2.24) is 5.32 Å². The van der Waals surface area contributed by atoms with Crippen molar-refractivity contribution in [3.8, 4) is 0 Å². The average molecular weight is 233 g/mol. The monoisotopic (exact) mass is 233 g/mol. The van der Waals surface area contributed by atoms with Gasteiger partial charge in [0.05, 0.1) is 0 Å². The molecule has 0 unspecified atom stereocenters. The van der Waals surface area contributed by atoms with E-state index >= 15 is 0 Å². The molecule has 0 atom stereocenters. The van der Waals surface area contributed by atoms with Gasteiger partial charge in [0.1, 0.15) is 0 Å². The SMILES string of the molecule is F[B-](F)(F)CNC1CCCCCC1.[K+]. The van der Waals surface area contributed by atoms with Gasteiger partial charge < -0.3 is 18.3 Å². The van der Waals surface area contributed by atoms with Crippen molar-refractivity contribution < 1.29 is 64.3 Å². The molecule has 0 aliphatic heterocycles. The van der Waals surface area contributed by atoms with Crippen LogP contribution in [0.2, 0.25) is 0 Å². The van der Waals surface area contributed by atoms with Crippen molar-refractivity contribution >= 4 is 6.98 Å². The van der Waals surface area contributed by atoms with Gasteiger partial charge in [-0.15, -0.1) is 0 Å². The zero-order valence-corrected chi connectivity index (χ0v) is 11.9. The molecular formula is C8H16BF3KN. The minimum Gasteiger partial charge on any atom is -0.448 e. The second-order valence-corrected chi connectivity index (χ2v) is 3.81. The van der Waals surface area contributed by atoms with Crippen LogP contribution in [0.5, 0.6) is 0 Å². The van der Waals surface area contributed by atoms with Crippen LogP contribution in [0.15, 0.2) is 0 Å². The van der Waals surface area contributed by atoms with Crippen LogP contribution >= 0.6 is 0 Å². The van der Waals surface area contributed by atoms with E-state index < -0.39 is 13.4 Å². The minimum absolute atomic E-state index is 0. The molecule has 0 aromatic carbocycles. The van der Waals surface area contributed by atoms with Gasteiger partial charge in [-0.25, -0.2) is 0 Å². The predicted octanol–water partition coefficient (Wildman–Crippen LogP) is -0.311. The Bertz CT molecular complexity index is 146. The first-order valence-electron chi connectivity index (χ1n) is 5.02. The van der Waals surface area contributed by atoms with E-state index in [9.17, 15) is 12.9 Å². The van der Waals surface area contributed by atoms with Crippen molar-refractivity contribution in [2.75, 3.05) is 6.44 Å². The van der Waals surface area contributed by atoms with Gasteiger partial charge in [-0.1, -0.05) is 25.7 Å². The summed E-state index contributed by atoms with van der Waals surface area (Å²) < 4.78 is 35.7. The average Bonchev–Trinajstić information content (AvgIpc) is 2.26. The fourth-order valence-corrected chi connectivity index (χ4v) is 1.78. The molecule has 78 valence electrons. The van der Waals surface area contributed by atoms with Gasteiger partial charge in [0.15, 0.2) is 0 Å². The summed E-state index contributed by atoms with van der Waals surface area (Å²) in [5.41, 5.74) is 0. The molecule has 14 heavy (non-hydrogen) atoms. The fourth-order valence-electron chi connectivity index (χ4n) is 1.78. The van der Waals surface area contributed by atoms with Crippen molar-refractivity contribution in [2.45, 2.75) is 44.6 Å². The topological polar surface area (TPSA) is 12.0 Å². The third-order valence-electron chi connectivity index (χ3n) is 2.49. The summed E-state index contributed by atoms with van der Waals surface area (Å²) in [6.45, 7) is -4.65. The van der Waals surface area contributed by atoms with Crippen molar-refractivity contribution in [3.63, 3.8) is 0 Å². The molecule has 1 saturated carbocycles. The molecule has 1 nitrogen and oxygen atoms in total. The number of nitrogens with one attached hydrogen (secondary N) is 1. The van der Waals surface area contributed by atoms with E-state index in [4.69, 9.17) is 0 Å². The molecule has 0 heterocycles. The van der Waals surface area contributed by atoms with E-state index in [-0.39, 0.29) is 57.4 Å². The van der Waals surface area contributed by atoms with Crippen LogP contribution in [0, 0.1) is 0 Å². The van der Waals surface area contributed by atoms with E-state index in [1.54, 1.807) is 0 Å². The van der Waals surface area contributed by atoms with Crippen LogP contribution < -0.4 is 56.7 Å². The summed E-state index contributed by atoms with van der Waals surface area (Å²) in [4.78, 5) is 0. The molecule has 0 aromatic heterocycles. The van der Waals surface area contributed by atoms with E-state index in [2.05, 4.69) is 5.32 Å². The van der Waals surface area contributed by atoms with Crippen LogP contribution in [-0.4, -0.2) is 19.5 Å². The molecule has 0 radical (unpaired) electrons. The van der Waals surface area contributed by atoms with Crippen LogP contribution in [0.3, 0.4) is 0 Å².